The lowest BCUT2D eigenvalue weighted by Crippen LogP contribution is -2.51. The predicted octanol–water partition coefficient (Wildman–Crippen LogP) is 1.64. The van der Waals surface area contributed by atoms with Crippen LogP contribution in [-0.2, 0) is 4.79 Å². The van der Waals surface area contributed by atoms with Gasteiger partial charge in [0.2, 0.25) is 0 Å². The highest BCUT2D eigenvalue weighted by Gasteiger charge is 2.54. The number of thiophene rings is 1. The first-order valence-corrected chi connectivity index (χ1v) is 9.72. The van der Waals surface area contributed by atoms with Gasteiger partial charge in [-0.25, -0.2) is 4.79 Å². The van der Waals surface area contributed by atoms with Crippen LogP contribution in [0.5, 0.6) is 0 Å². The van der Waals surface area contributed by atoms with Gasteiger partial charge in [-0.15, -0.1) is 15.3 Å². The minimum atomic E-state index is -0.799. The smallest absolute Gasteiger partial charge is 0.322 e. The molecule has 4 heterocycles. The van der Waals surface area contributed by atoms with E-state index in [1.54, 1.807) is 15.9 Å². The van der Waals surface area contributed by atoms with Gasteiger partial charge >= 0.3 is 6.03 Å². The summed E-state index contributed by atoms with van der Waals surface area (Å²) in [5.74, 6) is 1.15. The van der Waals surface area contributed by atoms with Gasteiger partial charge in [0.1, 0.15) is 11.4 Å². The zero-order chi connectivity index (χ0) is 18.4. The van der Waals surface area contributed by atoms with Crippen LogP contribution >= 0.6 is 11.3 Å². The number of carbonyl (C=O) groups is 2. The molecule has 0 aromatic carbocycles. The maximum Gasteiger partial charge on any atom is 0.322 e. The fraction of sp³-hybridized carbons (Fsp3) is 0.353. The van der Waals surface area contributed by atoms with Gasteiger partial charge < -0.3 is 10.6 Å². The highest BCUT2D eigenvalue weighted by atomic mass is 32.1. The van der Waals surface area contributed by atoms with Gasteiger partial charge in [0, 0.05) is 23.4 Å². The standard InChI is InChI=1S/C17H17N7O2S/c25-15-17(20-16(26)19-15)6-1-2-11(17)8-18-12-3-4-13-21-22-14(24(13)23-12)10-5-7-27-9-10/h3-5,7,9,11H,1-2,6,8H2,(H,18,23)(H2,19,20,25,26). The summed E-state index contributed by atoms with van der Waals surface area (Å²) in [7, 11) is 0. The van der Waals surface area contributed by atoms with Gasteiger partial charge in [-0.2, -0.15) is 15.9 Å². The van der Waals surface area contributed by atoms with E-state index in [9.17, 15) is 9.59 Å². The van der Waals surface area contributed by atoms with Crippen molar-refractivity contribution in [1.82, 2.24) is 30.4 Å². The SMILES string of the molecule is O=C1NC(=O)C2(CCCC2CNc2ccc3nnc(-c4ccsc4)n3n2)N1. The Morgan fingerprint density at radius 2 is 2.22 bits per heavy atom. The van der Waals surface area contributed by atoms with Crippen LogP contribution in [0.3, 0.4) is 0 Å². The number of amides is 3. The molecule has 10 heteroatoms. The van der Waals surface area contributed by atoms with Crippen molar-refractivity contribution in [3.8, 4) is 11.4 Å². The molecule has 2 unspecified atom stereocenters. The summed E-state index contributed by atoms with van der Waals surface area (Å²) >= 11 is 1.59. The molecule has 1 aliphatic heterocycles. The van der Waals surface area contributed by atoms with Gasteiger partial charge in [0.05, 0.1) is 0 Å². The van der Waals surface area contributed by atoms with Gasteiger partial charge in [-0.3, -0.25) is 10.1 Å². The van der Waals surface area contributed by atoms with E-state index in [1.165, 1.54) is 0 Å². The maximum absolute atomic E-state index is 12.3. The zero-order valence-electron chi connectivity index (χ0n) is 14.3. The van der Waals surface area contributed by atoms with Gasteiger partial charge in [-0.05, 0) is 36.4 Å². The molecule has 1 aliphatic carbocycles. The van der Waals surface area contributed by atoms with Crippen LogP contribution in [0.1, 0.15) is 19.3 Å². The Morgan fingerprint density at radius 3 is 3.00 bits per heavy atom. The van der Waals surface area contributed by atoms with Crippen molar-refractivity contribution in [3.05, 3.63) is 29.0 Å². The number of hydrogen-bond donors (Lipinski definition) is 3. The van der Waals surface area contributed by atoms with Gasteiger partial charge in [-0.1, -0.05) is 6.42 Å². The molecule has 138 valence electrons. The Balaban J connectivity index is 1.38. The monoisotopic (exact) mass is 383 g/mol. The average molecular weight is 383 g/mol. The molecule has 3 amide bonds. The molecule has 3 aromatic rings. The molecule has 2 aliphatic rings. The van der Waals surface area contributed by atoms with Crippen LogP contribution in [0, 0.1) is 5.92 Å². The number of anilines is 1. The summed E-state index contributed by atoms with van der Waals surface area (Å²) < 4.78 is 1.71. The van der Waals surface area contributed by atoms with Gasteiger partial charge in [0.25, 0.3) is 5.91 Å². The highest BCUT2D eigenvalue weighted by molar-refractivity contribution is 7.08. The summed E-state index contributed by atoms with van der Waals surface area (Å²) in [6.07, 6.45) is 2.44. The Morgan fingerprint density at radius 1 is 1.30 bits per heavy atom. The normalized spacial score (nSPS) is 24.5. The molecule has 0 bridgehead atoms. The number of nitrogens with zero attached hydrogens (tertiary/aromatic N) is 4. The van der Waals surface area contributed by atoms with E-state index in [4.69, 9.17) is 0 Å². The lowest BCUT2D eigenvalue weighted by atomic mass is 9.87. The molecule has 3 N–H and O–H groups in total. The van der Waals surface area contributed by atoms with Crippen LogP contribution in [-0.4, -0.2) is 43.8 Å². The molecule has 2 fully saturated rings. The Kier molecular flexibility index (Phi) is 3.61. The van der Waals surface area contributed by atoms with Crippen molar-refractivity contribution in [2.75, 3.05) is 11.9 Å². The first-order chi connectivity index (χ1) is 13.2. The number of imide groups is 1. The summed E-state index contributed by atoms with van der Waals surface area (Å²) in [5.41, 5.74) is 0.839. The van der Waals surface area contributed by atoms with E-state index in [1.807, 2.05) is 29.0 Å². The molecule has 2 atom stereocenters. The second-order valence-electron chi connectivity index (χ2n) is 6.87. The van der Waals surface area contributed by atoms with E-state index < -0.39 is 11.6 Å². The average Bonchev–Trinajstić information content (AvgIpc) is 3.42. The van der Waals surface area contributed by atoms with Crippen LogP contribution in [0.25, 0.3) is 17.0 Å². The molecule has 1 spiro atoms. The molecule has 5 rings (SSSR count). The number of aromatic nitrogens is 4. The zero-order valence-corrected chi connectivity index (χ0v) is 15.1. The number of urea groups is 1. The number of carbonyl (C=O) groups excluding carboxylic acids is 2. The second-order valence-corrected chi connectivity index (χ2v) is 7.65. The molecule has 1 saturated carbocycles. The molecule has 27 heavy (non-hydrogen) atoms. The molecular weight excluding hydrogens is 366 g/mol. The summed E-state index contributed by atoms with van der Waals surface area (Å²) in [4.78, 5) is 23.9. The summed E-state index contributed by atoms with van der Waals surface area (Å²) in [6, 6.07) is 5.27. The van der Waals surface area contributed by atoms with Crippen molar-refractivity contribution >= 4 is 34.7 Å². The number of fused-ring (bicyclic) bond motifs is 1. The Labute approximate surface area is 158 Å². The minimum Gasteiger partial charge on any atom is -0.368 e. The van der Waals surface area contributed by atoms with Gasteiger partial charge in [0.15, 0.2) is 11.5 Å². The van der Waals surface area contributed by atoms with Crippen molar-refractivity contribution < 1.29 is 9.59 Å². The molecule has 0 radical (unpaired) electrons. The second kappa shape index (κ2) is 6.02. The Bertz CT molecular complexity index is 1030. The molecule has 3 aromatic heterocycles. The van der Waals surface area contributed by atoms with E-state index in [0.29, 0.717) is 30.3 Å². The van der Waals surface area contributed by atoms with Crippen LogP contribution < -0.4 is 16.0 Å². The van der Waals surface area contributed by atoms with E-state index in [0.717, 1.165) is 18.4 Å². The molecule has 9 nitrogen and oxygen atoms in total. The highest BCUT2D eigenvalue weighted by Crippen LogP contribution is 2.38. The van der Waals surface area contributed by atoms with Crippen molar-refractivity contribution in [1.29, 1.82) is 0 Å². The molecular formula is C17H17N7O2S. The summed E-state index contributed by atoms with van der Waals surface area (Å²) in [5, 5.41) is 25.5. The van der Waals surface area contributed by atoms with Crippen molar-refractivity contribution in [2.45, 2.75) is 24.8 Å². The quantitative estimate of drug-likeness (QED) is 0.591. The lowest BCUT2D eigenvalue weighted by Gasteiger charge is -2.28. The Hall–Kier alpha value is -3.01. The van der Waals surface area contributed by atoms with Crippen LogP contribution in [0.15, 0.2) is 29.0 Å². The third-order valence-electron chi connectivity index (χ3n) is 5.36. The minimum absolute atomic E-state index is 0.0127. The van der Waals surface area contributed by atoms with Crippen molar-refractivity contribution in [3.63, 3.8) is 0 Å². The topological polar surface area (TPSA) is 113 Å². The number of rotatable bonds is 4. The number of hydrogen-bond acceptors (Lipinski definition) is 7. The number of nitrogens with one attached hydrogen (secondary N) is 3. The van der Waals surface area contributed by atoms with Crippen LogP contribution in [0.2, 0.25) is 0 Å². The maximum atomic E-state index is 12.3. The van der Waals surface area contributed by atoms with Crippen LogP contribution in [0.4, 0.5) is 10.6 Å². The molecule has 1 saturated heterocycles. The van der Waals surface area contributed by atoms with E-state index in [2.05, 4.69) is 31.2 Å². The largest absolute Gasteiger partial charge is 0.368 e. The summed E-state index contributed by atoms with van der Waals surface area (Å²) in [6.45, 7) is 0.544. The first kappa shape index (κ1) is 16.2. The van der Waals surface area contributed by atoms with E-state index in [-0.39, 0.29) is 11.8 Å². The third kappa shape index (κ3) is 2.55. The predicted molar refractivity (Wildman–Crippen MR) is 99.3 cm³/mol. The third-order valence-corrected chi connectivity index (χ3v) is 6.04. The fourth-order valence-corrected chi connectivity index (χ4v) is 4.64. The fourth-order valence-electron chi connectivity index (χ4n) is 4.01. The van der Waals surface area contributed by atoms with E-state index >= 15 is 0 Å². The van der Waals surface area contributed by atoms with Crippen molar-refractivity contribution in [2.24, 2.45) is 5.92 Å². The lowest BCUT2D eigenvalue weighted by molar-refractivity contribution is -0.125. The first-order valence-electron chi connectivity index (χ1n) is 8.78.